The Balaban J connectivity index is 2.06. The number of methoxy groups -OCH3 is 1. The maximum atomic E-state index is 5.18. The van der Waals surface area contributed by atoms with Crippen LogP contribution in [-0.2, 0) is 0 Å². The molecule has 1 aromatic rings. The molecule has 1 aromatic heterocycles. The van der Waals surface area contributed by atoms with Crippen LogP contribution in [0.5, 0.6) is 5.88 Å². The van der Waals surface area contributed by atoms with Gasteiger partial charge >= 0.3 is 0 Å². The first-order chi connectivity index (χ1) is 8.56. The molecule has 1 N–H and O–H groups in total. The molecular weight excluding hydrogens is 226 g/mol. The zero-order valence-corrected chi connectivity index (χ0v) is 11.7. The van der Waals surface area contributed by atoms with E-state index in [2.05, 4.69) is 29.1 Å². The molecule has 0 aromatic carbocycles. The first kappa shape index (κ1) is 13.1. The molecule has 0 aliphatic heterocycles. The van der Waals surface area contributed by atoms with E-state index in [4.69, 9.17) is 4.74 Å². The molecular formula is C14H23N3O. The van der Waals surface area contributed by atoms with Crippen LogP contribution in [0.3, 0.4) is 0 Å². The van der Waals surface area contributed by atoms with E-state index in [1.807, 2.05) is 13.0 Å². The minimum Gasteiger partial charge on any atom is -0.481 e. The van der Waals surface area contributed by atoms with Gasteiger partial charge in [0.1, 0.15) is 11.6 Å². The third-order valence-electron chi connectivity index (χ3n) is 3.55. The van der Waals surface area contributed by atoms with Gasteiger partial charge < -0.3 is 10.1 Å². The van der Waals surface area contributed by atoms with Crippen molar-refractivity contribution in [2.45, 2.75) is 46.1 Å². The van der Waals surface area contributed by atoms with Crippen LogP contribution in [-0.4, -0.2) is 23.1 Å². The number of anilines is 1. The second-order valence-electron chi connectivity index (χ2n) is 5.60. The molecule has 1 saturated carbocycles. The zero-order chi connectivity index (χ0) is 13.1. The molecule has 0 saturated heterocycles. The standard InChI is InChI=1S/C14H23N3O/c1-9-5-10(2)7-12(6-9)17-13-8-14(18-4)16-11(3)15-13/h8-10,12H,5-7H2,1-4H3,(H,15,16,17). The summed E-state index contributed by atoms with van der Waals surface area (Å²) in [6, 6.07) is 2.39. The molecule has 1 aliphatic carbocycles. The van der Waals surface area contributed by atoms with Gasteiger partial charge in [-0.1, -0.05) is 13.8 Å². The second kappa shape index (κ2) is 5.55. The van der Waals surface area contributed by atoms with Crippen LogP contribution < -0.4 is 10.1 Å². The molecule has 2 rings (SSSR count). The van der Waals surface area contributed by atoms with Crippen molar-refractivity contribution in [2.24, 2.45) is 11.8 Å². The van der Waals surface area contributed by atoms with Gasteiger partial charge in [0.25, 0.3) is 0 Å². The third kappa shape index (κ3) is 3.34. The van der Waals surface area contributed by atoms with Crippen molar-refractivity contribution in [3.05, 3.63) is 11.9 Å². The Morgan fingerprint density at radius 2 is 1.83 bits per heavy atom. The maximum absolute atomic E-state index is 5.18. The summed E-state index contributed by atoms with van der Waals surface area (Å²) in [6.45, 7) is 6.55. The summed E-state index contributed by atoms with van der Waals surface area (Å²) in [6.07, 6.45) is 3.77. The van der Waals surface area contributed by atoms with Crippen LogP contribution >= 0.6 is 0 Å². The Morgan fingerprint density at radius 1 is 1.17 bits per heavy atom. The zero-order valence-electron chi connectivity index (χ0n) is 11.7. The summed E-state index contributed by atoms with van der Waals surface area (Å²) in [5.41, 5.74) is 0. The van der Waals surface area contributed by atoms with E-state index in [0.29, 0.717) is 11.9 Å². The molecule has 2 unspecified atom stereocenters. The lowest BCUT2D eigenvalue weighted by molar-refractivity contribution is 0.280. The second-order valence-corrected chi connectivity index (χ2v) is 5.60. The van der Waals surface area contributed by atoms with Gasteiger partial charge in [-0.3, -0.25) is 0 Å². The van der Waals surface area contributed by atoms with Crippen LogP contribution in [0.4, 0.5) is 5.82 Å². The van der Waals surface area contributed by atoms with Crippen LogP contribution in [0.15, 0.2) is 6.07 Å². The van der Waals surface area contributed by atoms with Gasteiger partial charge in [-0.05, 0) is 38.0 Å². The van der Waals surface area contributed by atoms with Crippen molar-refractivity contribution in [1.29, 1.82) is 0 Å². The molecule has 4 heteroatoms. The maximum Gasteiger partial charge on any atom is 0.218 e. The Morgan fingerprint density at radius 3 is 2.44 bits per heavy atom. The highest BCUT2D eigenvalue weighted by atomic mass is 16.5. The van der Waals surface area contributed by atoms with Gasteiger partial charge in [-0.2, -0.15) is 4.98 Å². The molecule has 0 bridgehead atoms. The van der Waals surface area contributed by atoms with Crippen molar-refractivity contribution >= 4 is 5.82 Å². The molecule has 18 heavy (non-hydrogen) atoms. The van der Waals surface area contributed by atoms with E-state index >= 15 is 0 Å². The van der Waals surface area contributed by atoms with E-state index in [0.717, 1.165) is 23.5 Å². The molecule has 0 spiro atoms. The SMILES string of the molecule is COc1cc(NC2CC(C)CC(C)C2)nc(C)n1. The predicted octanol–water partition coefficient (Wildman–Crippen LogP) is 3.03. The summed E-state index contributed by atoms with van der Waals surface area (Å²) in [5, 5.41) is 3.53. The highest BCUT2D eigenvalue weighted by Gasteiger charge is 2.24. The monoisotopic (exact) mass is 249 g/mol. The average molecular weight is 249 g/mol. The number of hydrogen-bond acceptors (Lipinski definition) is 4. The summed E-state index contributed by atoms with van der Waals surface area (Å²) in [7, 11) is 1.64. The van der Waals surface area contributed by atoms with Crippen LogP contribution in [0.1, 0.15) is 38.9 Å². The van der Waals surface area contributed by atoms with Crippen molar-refractivity contribution in [3.63, 3.8) is 0 Å². The number of aryl methyl sites for hydroxylation is 1. The normalized spacial score (nSPS) is 27.9. The summed E-state index contributed by atoms with van der Waals surface area (Å²) in [4.78, 5) is 8.63. The summed E-state index contributed by atoms with van der Waals surface area (Å²) < 4.78 is 5.18. The lowest BCUT2D eigenvalue weighted by Gasteiger charge is -2.32. The topological polar surface area (TPSA) is 47.0 Å². The Bertz CT molecular complexity index is 398. The Hall–Kier alpha value is -1.32. The van der Waals surface area contributed by atoms with Crippen LogP contribution in [0.2, 0.25) is 0 Å². The fourth-order valence-electron chi connectivity index (χ4n) is 2.99. The van der Waals surface area contributed by atoms with Gasteiger partial charge in [0.05, 0.1) is 7.11 Å². The number of aromatic nitrogens is 2. The molecule has 1 aliphatic rings. The summed E-state index contributed by atoms with van der Waals surface area (Å²) in [5.74, 6) is 3.83. The highest BCUT2D eigenvalue weighted by Crippen LogP contribution is 2.30. The number of nitrogens with zero attached hydrogens (tertiary/aromatic N) is 2. The lowest BCUT2D eigenvalue weighted by atomic mass is 9.80. The average Bonchev–Trinajstić information content (AvgIpc) is 2.26. The van der Waals surface area contributed by atoms with Crippen LogP contribution in [0, 0.1) is 18.8 Å². The number of rotatable bonds is 3. The fourth-order valence-corrected chi connectivity index (χ4v) is 2.99. The first-order valence-electron chi connectivity index (χ1n) is 6.73. The van der Waals surface area contributed by atoms with Gasteiger partial charge in [0, 0.05) is 12.1 Å². The minimum absolute atomic E-state index is 0.516. The highest BCUT2D eigenvalue weighted by molar-refractivity contribution is 5.39. The molecule has 100 valence electrons. The van der Waals surface area contributed by atoms with Crippen molar-refractivity contribution in [3.8, 4) is 5.88 Å². The molecule has 4 nitrogen and oxygen atoms in total. The van der Waals surface area contributed by atoms with Gasteiger partial charge in [-0.25, -0.2) is 4.98 Å². The van der Waals surface area contributed by atoms with Crippen molar-refractivity contribution in [2.75, 3.05) is 12.4 Å². The van der Waals surface area contributed by atoms with E-state index in [-0.39, 0.29) is 0 Å². The molecule has 1 fully saturated rings. The van der Waals surface area contributed by atoms with E-state index in [1.165, 1.54) is 19.3 Å². The predicted molar refractivity (Wildman–Crippen MR) is 72.9 cm³/mol. The van der Waals surface area contributed by atoms with Crippen LogP contribution in [0.25, 0.3) is 0 Å². The number of hydrogen-bond donors (Lipinski definition) is 1. The largest absolute Gasteiger partial charge is 0.481 e. The number of ether oxygens (including phenoxy) is 1. The lowest BCUT2D eigenvalue weighted by Crippen LogP contribution is -2.30. The van der Waals surface area contributed by atoms with Gasteiger partial charge in [0.15, 0.2) is 0 Å². The van der Waals surface area contributed by atoms with Gasteiger partial charge in [-0.15, -0.1) is 0 Å². The van der Waals surface area contributed by atoms with E-state index < -0.39 is 0 Å². The van der Waals surface area contributed by atoms with Crippen molar-refractivity contribution in [1.82, 2.24) is 9.97 Å². The van der Waals surface area contributed by atoms with Gasteiger partial charge in [0.2, 0.25) is 5.88 Å². The fraction of sp³-hybridized carbons (Fsp3) is 0.714. The quantitative estimate of drug-likeness (QED) is 0.894. The van der Waals surface area contributed by atoms with E-state index in [9.17, 15) is 0 Å². The minimum atomic E-state index is 0.516. The van der Waals surface area contributed by atoms with Crippen molar-refractivity contribution < 1.29 is 4.74 Å². The smallest absolute Gasteiger partial charge is 0.218 e. The molecule has 0 radical (unpaired) electrons. The molecule has 2 atom stereocenters. The number of nitrogens with one attached hydrogen (secondary N) is 1. The Labute approximate surface area is 109 Å². The molecule has 1 heterocycles. The van der Waals surface area contributed by atoms with E-state index in [1.54, 1.807) is 7.11 Å². The summed E-state index contributed by atoms with van der Waals surface area (Å²) >= 11 is 0. The third-order valence-corrected chi connectivity index (χ3v) is 3.55. The molecule has 0 amide bonds. The Kier molecular flexibility index (Phi) is 4.04. The first-order valence-corrected chi connectivity index (χ1v) is 6.73.